The van der Waals surface area contributed by atoms with E-state index in [0.717, 1.165) is 5.69 Å². The predicted octanol–water partition coefficient (Wildman–Crippen LogP) is 1.96. The Kier molecular flexibility index (Phi) is 3.66. The fraction of sp³-hybridized carbons (Fsp3) is 0. The van der Waals surface area contributed by atoms with Crippen molar-refractivity contribution in [3.05, 3.63) is 54.6 Å². The molecule has 3 heterocycles. The lowest BCUT2D eigenvalue weighted by molar-refractivity contribution is 0.0995. The molecule has 26 heavy (non-hydrogen) atoms. The molecule has 0 unspecified atom stereocenters. The summed E-state index contributed by atoms with van der Waals surface area (Å²) in [5.74, 6) is -0.247. The van der Waals surface area contributed by atoms with Gasteiger partial charge in [-0.25, -0.2) is 9.97 Å². The zero-order valence-corrected chi connectivity index (χ0v) is 13.3. The minimum absolute atomic E-state index is 0.0166. The van der Waals surface area contributed by atoms with Crippen molar-refractivity contribution in [2.75, 3.05) is 5.32 Å². The van der Waals surface area contributed by atoms with Crippen LogP contribution in [0.25, 0.3) is 22.4 Å². The molecule has 9 nitrogen and oxygen atoms in total. The van der Waals surface area contributed by atoms with E-state index in [1.54, 1.807) is 48.9 Å². The van der Waals surface area contributed by atoms with Crippen molar-refractivity contribution in [1.82, 2.24) is 25.1 Å². The average molecular weight is 347 g/mol. The molecule has 0 aliphatic rings. The number of amides is 1. The molecular formula is C17H13N7O2. The van der Waals surface area contributed by atoms with E-state index >= 15 is 0 Å². The number of nitrogens with one attached hydrogen (secondary N) is 2. The van der Waals surface area contributed by atoms with Gasteiger partial charge in [0.15, 0.2) is 17.2 Å². The maximum Gasteiger partial charge on any atom is 0.270 e. The van der Waals surface area contributed by atoms with Crippen LogP contribution in [0.1, 0.15) is 10.5 Å². The van der Waals surface area contributed by atoms with Crippen LogP contribution in [0.2, 0.25) is 0 Å². The van der Waals surface area contributed by atoms with Crippen molar-refractivity contribution in [3.63, 3.8) is 0 Å². The van der Waals surface area contributed by atoms with E-state index in [2.05, 4.69) is 30.5 Å². The van der Waals surface area contributed by atoms with Crippen LogP contribution in [0.5, 0.6) is 5.75 Å². The minimum Gasteiger partial charge on any atom is -0.508 e. The van der Waals surface area contributed by atoms with Gasteiger partial charge in [-0.3, -0.25) is 4.79 Å². The standard InChI is InChI=1S/C17H13N7O2/c18-15(26)14-13(16-19-6-1-7-20-16)12-11(8-21-17(12)24-23-14)22-9-2-4-10(25)5-3-9/h1-8,22,25H,(H2,18,26)(H,21,24). The second kappa shape index (κ2) is 6.13. The number of primary amides is 1. The highest BCUT2D eigenvalue weighted by atomic mass is 16.3. The van der Waals surface area contributed by atoms with E-state index in [0.29, 0.717) is 28.1 Å². The molecule has 0 bridgehead atoms. The maximum atomic E-state index is 11.9. The lowest BCUT2D eigenvalue weighted by Gasteiger charge is -2.09. The molecule has 0 aliphatic carbocycles. The fourth-order valence-electron chi connectivity index (χ4n) is 2.63. The molecule has 0 aliphatic heterocycles. The highest BCUT2D eigenvalue weighted by molar-refractivity contribution is 6.09. The van der Waals surface area contributed by atoms with Crippen LogP contribution >= 0.6 is 0 Å². The zero-order chi connectivity index (χ0) is 18.1. The van der Waals surface area contributed by atoms with Gasteiger partial charge in [0, 0.05) is 24.3 Å². The van der Waals surface area contributed by atoms with Gasteiger partial charge in [0.2, 0.25) is 0 Å². The van der Waals surface area contributed by atoms with Crippen LogP contribution in [0.4, 0.5) is 11.4 Å². The number of phenolic OH excluding ortho intramolecular Hbond substituents is 1. The number of phenols is 1. The molecule has 4 aromatic rings. The Balaban J connectivity index is 1.94. The van der Waals surface area contributed by atoms with Gasteiger partial charge in [0.1, 0.15) is 5.75 Å². The van der Waals surface area contributed by atoms with Crippen molar-refractivity contribution >= 4 is 28.3 Å². The van der Waals surface area contributed by atoms with Crippen molar-refractivity contribution in [1.29, 1.82) is 0 Å². The normalized spacial score (nSPS) is 10.8. The van der Waals surface area contributed by atoms with E-state index in [-0.39, 0.29) is 11.4 Å². The van der Waals surface area contributed by atoms with Gasteiger partial charge in [-0.1, -0.05) is 0 Å². The molecular weight excluding hydrogens is 334 g/mol. The number of aromatic hydroxyl groups is 1. The quantitative estimate of drug-likeness (QED) is 0.413. The second-order valence-electron chi connectivity index (χ2n) is 5.46. The van der Waals surface area contributed by atoms with Crippen LogP contribution in [0.15, 0.2) is 48.9 Å². The molecule has 0 atom stereocenters. The number of nitrogens with zero attached hydrogens (tertiary/aromatic N) is 4. The van der Waals surface area contributed by atoms with Crippen LogP contribution in [0.3, 0.4) is 0 Å². The summed E-state index contributed by atoms with van der Waals surface area (Å²) in [7, 11) is 0. The van der Waals surface area contributed by atoms with Gasteiger partial charge in [-0.05, 0) is 30.3 Å². The first-order valence-electron chi connectivity index (χ1n) is 7.64. The second-order valence-corrected chi connectivity index (χ2v) is 5.46. The monoisotopic (exact) mass is 347 g/mol. The molecule has 9 heteroatoms. The number of anilines is 2. The maximum absolute atomic E-state index is 11.9. The van der Waals surface area contributed by atoms with Crippen LogP contribution in [-0.4, -0.2) is 36.2 Å². The fourth-order valence-corrected chi connectivity index (χ4v) is 2.63. The third-order valence-corrected chi connectivity index (χ3v) is 3.77. The summed E-state index contributed by atoms with van der Waals surface area (Å²) < 4.78 is 0. The Bertz CT molecular complexity index is 1090. The number of hydrogen-bond donors (Lipinski definition) is 4. The summed E-state index contributed by atoms with van der Waals surface area (Å²) >= 11 is 0. The summed E-state index contributed by atoms with van der Waals surface area (Å²) in [6.07, 6.45) is 4.83. The molecule has 0 radical (unpaired) electrons. The zero-order valence-electron chi connectivity index (χ0n) is 13.3. The number of hydrogen-bond acceptors (Lipinski definition) is 7. The number of aromatic amines is 1. The molecule has 0 saturated heterocycles. The van der Waals surface area contributed by atoms with Crippen molar-refractivity contribution in [3.8, 4) is 17.1 Å². The van der Waals surface area contributed by atoms with E-state index in [4.69, 9.17) is 5.73 Å². The number of rotatable bonds is 4. The van der Waals surface area contributed by atoms with Gasteiger partial charge >= 0.3 is 0 Å². The number of carbonyl (C=O) groups excluding carboxylic acids is 1. The van der Waals surface area contributed by atoms with Gasteiger partial charge < -0.3 is 21.1 Å². The Morgan fingerprint density at radius 1 is 1.12 bits per heavy atom. The average Bonchev–Trinajstić information content (AvgIpc) is 3.06. The molecule has 3 aromatic heterocycles. The number of benzene rings is 1. The first-order chi connectivity index (χ1) is 12.6. The number of H-pyrrole nitrogens is 1. The first-order valence-corrected chi connectivity index (χ1v) is 7.64. The van der Waals surface area contributed by atoms with Gasteiger partial charge in [0.05, 0.1) is 16.6 Å². The topological polar surface area (TPSA) is 143 Å². The summed E-state index contributed by atoms with van der Waals surface area (Å²) in [4.78, 5) is 23.3. The minimum atomic E-state index is -0.723. The number of carbonyl (C=O) groups is 1. The lowest BCUT2D eigenvalue weighted by atomic mass is 10.1. The molecule has 0 spiro atoms. The van der Waals surface area contributed by atoms with E-state index < -0.39 is 5.91 Å². The van der Waals surface area contributed by atoms with Crippen molar-refractivity contribution < 1.29 is 9.90 Å². The SMILES string of the molecule is NC(=O)c1nnc2[nH]cc(Nc3ccc(O)cc3)c2c1-c1ncccn1. The van der Waals surface area contributed by atoms with Gasteiger partial charge in [0.25, 0.3) is 5.91 Å². The Labute approximate surface area is 146 Å². The Hall–Kier alpha value is -4.01. The largest absolute Gasteiger partial charge is 0.508 e. The van der Waals surface area contributed by atoms with Crippen LogP contribution < -0.4 is 11.1 Å². The summed E-state index contributed by atoms with van der Waals surface area (Å²) in [6.45, 7) is 0. The third kappa shape index (κ3) is 2.67. The molecule has 5 N–H and O–H groups in total. The molecule has 0 saturated carbocycles. The van der Waals surface area contributed by atoms with Gasteiger partial charge in [-0.15, -0.1) is 10.2 Å². The number of nitrogens with two attached hydrogens (primary N) is 1. The highest BCUT2D eigenvalue weighted by Gasteiger charge is 2.22. The Morgan fingerprint density at radius 2 is 1.85 bits per heavy atom. The van der Waals surface area contributed by atoms with E-state index in [1.807, 2.05) is 0 Å². The van der Waals surface area contributed by atoms with Crippen LogP contribution in [0, 0.1) is 0 Å². The smallest absolute Gasteiger partial charge is 0.270 e. The molecule has 128 valence electrons. The summed E-state index contributed by atoms with van der Waals surface area (Å²) in [5, 5.41) is 21.2. The predicted molar refractivity (Wildman–Crippen MR) is 94.8 cm³/mol. The highest BCUT2D eigenvalue weighted by Crippen LogP contribution is 2.34. The molecule has 0 fully saturated rings. The first kappa shape index (κ1) is 15.5. The van der Waals surface area contributed by atoms with Gasteiger partial charge in [-0.2, -0.15) is 0 Å². The molecule has 1 amide bonds. The van der Waals surface area contributed by atoms with E-state index in [9.17, 15) is 9.90 Å². The van der Waals surface area contributed by atoms with Crippen LogP contribution in [-0.2, 0) is 0 Å². The lowest BCUT2D eigenvalue weighted by Crippen LogP contribution is -2.16. The van der Waals surface area contributed by atoms with Crippen molar-refractivity contribution in [2.45, 2.75) is 0 Å². The Morgan fingerprint density at radius 3 is 2.54 bits per heavy atom. The summed E-state index contributed by atoms with van der Waals surface area (Å²) in [5.41, 5.74) is 7.69. The number of aromatic nitrogens is 5. The number of fused-ring (bicyclic) bond motifs is 1. The third-order valence-electron chi connectivity index (χ3n) is 3.77. The summed E-state index contributed by atoms with van der Waals surface area (Å²) in [6, 6.07) is 8.24. The van der Waals surface area contributed by atoms with E-state index in [1.165, 1.54) is 0 Å². The molecule has 4 rings (SSSR count). The van der Waals surface area contributed by atoms with Crippen molar-refractivity contribution in [2.24, 2.45) is 5.73 Å². The molecule has 1 aromatic carbocycles.